The third-order valence-electron chi connectivity index (χ3n) is 6.60. The second-order valence-electron chi connectivity index (χ2n) is 9.08. The number of fused-ring (bicyclic) bond motifs is 3. The fraction of sp³-hybridized carbons (Fsp3) is 0.652. The molecule has 1 aromatic rings. The molecule has 3 N–H and O–H groups in total. The second kappa shape index (κ2) is 9.44. The van der Waals surface area contributed by atoms with Crippen LogP contribution in [0.5, 0.6) is 5.75 Å². The number of aliphatic hydroxyl groups excluding tert-OH is 1. The van der Waals surface area contributed by atoms with Crippen LogP contribution in [-0.2, 0) is 9.53 Å². The molecular weight excluding hydrogens is 398 g/mol. The molecule has 2 heterocycles. The Morgan fingerprint density at radius 2 is 1.97 bits per heavy atom. The molecular formula is C23H33N3O5. The Hall–Kier alpha value is -2.32. The first kappa shape index (κ1) is 21.9. The summed E-state index contributed by atoms with van der Waals surface area (Å²) >= 11 is 0. The molecule has 0 aromatic heterocycles. The minimum Gasteiger partial charge on any atom is -0.487 e. The van der Waals surface area contributed by atoms with Gasteiger partial charge in [0.25, 0.3) is 0 Å². The van der Waals surface area contributed by atoms with Crippen LogP contribution < -0.4 is 15.4 Å². The molecule has 1 saturated heterocycles. The number of nitrogens with one attached hydrogen (secondary N) is 2. The van der Waals surface area contributed by atoms with Gasteiger partial charge in [-0.15, -0.1) is 0 Å². The fourth-order valence-electron chi connectivity index (χ4n) is 4.94. The number of hydrogen-bond donors (Lipinski definition) is 3. The van der Waals surface area contributed by atoms with Gasteiger partial charge >= 0.3 is 6.03 Å². The van der Waals surface area contributed by atoms with E-state index in [0.717, 1.165) is 37.0 Å². The summed E-state index contributed by atoms with van der Waals surface area (Å²) in [7, 11) is 3.45. The molecule has 4 rings (SSSR count). The van der Waals surface area contributed by atoms with Gasteiger partial charge in [-0.1, -0.05) is 19.3 Å². The molecule has 31 heavy (non-hydrogen) atoms. The molecule has 0 bridgehead atoms. The summed E-state index contributed by atoms with van der Waals surface area (Å²) in [5.41, 5.74) is 1.70. The summed E-state index contributed by atoms with van der Waals surface area (Å²) in [5, 5.41) is 15.9. The number of ether oxygens (including phenoxy) is 2. The van der Waals surface area contributed by atoms with Crippen molar-refractivity contribution < 1.29 is 24.2 Å². The molecule has 0 spiro atoms. The minimum atomic E-state index is -0.489. The highest BCUT2D eigenvalue weighted by Gasteiger charge is 2.46. The molecule has 4 atom stereocenters. The Kier molecular flexibility index (Phi) is 6.67. The van der Waals surface area contributed by atoms with E-state index in [1.54, 1.807) is 19.0 Å². The highest BCUT2D eigenvalue weighted by molar-refractivity contribution is 5.89. The van der Waals surface area contributed by atoms with Crippen molar-refractivity contribution in [3.05, 3.63) is 23.8 Å². The molecule has 1 aromatic carbocycles. The van der Waals surface area contributed by atoms with Gasteiger partial charge in [0.2, 0.25) is 5.91 Å². The Morgan fingerprint density at radius 3 is 2.68 bits per heavy atom. The molecule has 3 aliphatic rings. The van der Waals surface area contributed by atoms with Crippen molar-refractivity contribution >= 4 is 17.6 Å². The Balaban J connectivity index is 1.45. The summed E-state index contributed by atoms with van der Waals surface area (Å²) in [6.45, 7) is -0.170. The normalized spacial score (nSPS) is 27.6. The summed E-state index contributed by atoms with van der Waals surface area (Å²) in [6, 6.07) is 5.70. The molecule has 3 amide bonds. The zero-order valence-electron chi connectivity index (χ0n) is 18.3. The number of carbonyl (C=O) groups excluding carboxylic acids is 2. The number of aliphatic hydroxyl groups is 1. The first-order chi connectivity index (χ1) is 14.9. The van der Waals surface area contributed by atoms with E-state index in [1.165, 1.54) is 6.42 Å². The third kappa shape index (κ3) is 4.96. The second-order valence-corrected chi connectivity index (χ2v) is 9.08. The SMILES string of the molecule is CN(C)C(=O)C[C@@H]1C[C@H]2c3cc(NC(=O)NC4CCCCC4)ccc3O[C@H]2[C@@H](CO)O1. The van der Waals surface area contributed by atoms with Crippen LogP contribution in [0.1, 0.15) is 56.4 Å². The molecule has 0 unspecified atom stereocenters. The van der Waals surface area contributed by atoms with Gasteiger partial charge < -0.3 is 30.1 Å². The fourth-order valence-corrected chi connectivity index (χ4v) is 4.94. The average Bonchev–Trinajstić information content (AvgIpc) is 3.11. The van der Waals surface area contributed by atoms with Gasteiger partial charge in [0.15, 0.2) is 0 Å². The lowest BCUT2D eigenvalue weighted by atomic mass is 9.84. The number of hydrogen-bond acceptors (Lipinski definition) is 5. The van der Waals surface area contributed by atoms with Crippen LogP contribution in [0.4, 0.5) is 10.5 Å². The van der Waals surface area contributed by atoms with E-state index in [0.29, 0.717) is 12.1 Å². The van der Waals surface area contributed by atoms with E-state index in [4.69, 9.17) is 9.47 Å². The summed E-state index contributed by atoms with van der Waals surface area (Å²) < 4.78 is 12.1. The number of rotatable bonds is 5. The topological polar surface area (TPSA) is 100 Å². The highest BCUT2D eigenvalue weighted by Crippen LogP contribution is 2.47. The Morgan fingerprint density at radius 1 is 1.19 bits per heavy atom. The quantitative estimate of drug-likeness (QED) is 0.666. The third-order valence-corrected chi connectivity index (χ3v) is 6.60. The van der Waals surface area contributed by atoms with Crippen LogP contribution in [0.25, 0.3) is 0 Å². The molecule has 1 aliphatic carbocycles. The van der Waals surface area contributed by atoms with Gasteiger partial charge in [0.05, 0.1) is 19.1 Å². The number of amides is 3. The lowest BCUT2D eigenvalue weighted by Gasteiger charge is -2.37. The van der Waals surface area contributed by atoms with E-state index in [1.807, 2.05) is 18.2 Å². The largest absolute Gasteiger partial charge is 0.487 e. The van der Waals surface area contributed by atoms with Crippen molar-refractivity contribution in [3.63, 3.8) is 0 Å². The van der Waals surface area contributed by atoms with Crippen LogP contribution >= 0.6 is 0 Å². The van der Waals surface area contributed by atoms with E-state index in [2.05, 4.69) is 10.6 Å². The maximum atomic E-state index is 12.5. The minimum absolute atomic E-state index is 0.00372. The first-order valence-corrected chi connectivity index (χ1v) is 11.3. The van der Waals surface area contributed by atoms with E-state index >= 15 is 0 Å². The summed E-state index contributed by atoms with van der Waals surface area (Å²) in [4.78, 5) is 26.2. The smallest absolute Gasteiger partial charge is 0.319 e. The zero-order chi connectivity index (χ0) is 22.0. The van der Waals surface area contributed by atoms with Crippen molar-refractivity contribution in [1.82, 2.24) is 10.2 Å². The van der Waals surface area contributed by atoms with E-state index in [9.17, 15) is 14.7 Å². The maximum Gasteiger partial charge on any atom is 0.319 e. The van der Waals surface area contributed by atoms with Gasteiger partial charge in [-0.25, -0.2) is 4.79 Å². The van der Waals surface area contributed by atoms with Crippen molar-refractivity contribution in [2.75, 3.05) is 26.0 Å². The van der Waals surface area contributed by atoms with Crippen LogP contribution in [-0.4, -0.2) is 67.0 Å². The van der Waals surface area contributed by atoms with Gasteiger partial charge in [0.1, 0.15) is 18.0 Å². The predicted octanol–water partition coefficient (Wildman–Crippen LogP) is 2.61. The lowest BCUT2D eigenvalue weighted by Crippen LogP contribution is -2.47. The molecule has 2 aliphatic heterocycles. The van der Waals surface area contributed by atoms with Gasteiger partial charge in [0, 0.05) is 37.3 Å². The zero-order valence-corrected chi connectivity index (χ0v) is 18.3. The van der Waals surface area contributed by atoms with E-state index < -0.39 is 6.10 Å². The van der Waals surface area contributed by atoms with Crippen LogP contribution in [0, 0.1) is 0 Å². The van der Waals surface area contributed by atoms with Crippen LogP contribution in [0.3, 0.4) is 0 Å². The predicted molar refractivity (Wildman–Crippen MR) is 116 cm³/mol. The van der Waals surface area contributed by atoms with Crippen molar-refractivity contribution in [3.8, 4) is 5.75 Å². The maximum absolute atomic E-state index is 12.5. The van der Waals surface area contributed by atoms with Crippen molar-refractivity contribution in [1.29, 1.82) is 0 Å². The Labute approximate surface area is 183 Å². The van der Waals surface area contributed by atoms with Gasteiger partial charge in [-0.2, -0.15) is 0 Å². The summed E-state index contributed by atoms with van der Waals surface area (Å²) in [6.07, 6.45) is 5.46. The number of anilines is 1. The van der Waals surface area contributed by atoms with Crippen LogP contribution in [0.2, 0.25) is 0 Å². The van der Waals surface area contributed by atoms with Gasteiger partial charge in [-0.05, 0) is 37.5 Å². The number of benzene rings is 1. The van der Waals surface area contributed by atoms with Crippen molar-refractivity contribution in [2.45, 2.75) is 75.2 Å². The summed E-state index contributed by atoms with van der Waals surface area (Å²) in [5.74, 6) is 0.743. The molecule has 8 heteroatoms. The molecule has 1 saturated carbocycles. The highest BCUT2D eigenvalue weighted by atomic mass is 16.6. The number of urea groups is 1. The number of nitrogens with zero attached hydrogens (tertiary/aromatic N) is 1. The van der Waals surface area contributed by atoms with Gasteiger partial charge in [-0.3, -0.25) is 4.79 Å². The molecule has 0 radical (unpaired) electrons. The number of carbonyl (C=O) groups is 2. The molecule has 2 fully saturated rings. The monoisotopic (exact) mass is 431 g/mol. The molecule has 8 nitrogen and oxygen atoms in total. The first-order valence-electron chi connectivity index (χ1n) is 11.3. The molecule has 170 valence electrons. The Bertz CT molecular complexity index is 808. The standard InChI is InChI=1S/C23H33N3O5/c1-26(2)21(28)12-16-11-18-17-10-15(25-23(29)24-14-6-4-3-5-7-14)8-9-19(17)31-22(18)20(13-27)30-16/h8-10,14,16,18,20,22,27H,3-7,11-13H2,1-2H3,(H2,24,25,29)/t16-,18-,20+,22+/m0/s1. The lowest BCUT2D eigenvalue weighted by molar-refractivity contribution is -0.147. The van der Waals surface area contributed by atoms with E-state index in [-0.39, 0.29) is 49.1 Å². The van der Waals surface area contributed by atoms with Crippen LogP contribution in [0.15, 0.2) is 18.2 Å². The average molecular weight is 432 g/mol. The van der Waals surface area contributed by atoms with Crippen molar-refractivity contribution in [2.24, 2.45) is 0 Å².